The fraction of sp³-hybridized carbons (Fsp3) is 0.222. The maximum Gasteiger partial charge on any atom is 0.489 e. The van der Waals surface area contributed by atoms with Crippen LogP contribution in [-0.2, 0) is 0 Å². The van der Waals surface area contributed by atoms with E-state index >= 15 is 0 Å². The Morgan fingerprint density at radius 3 is 2.44 bits per heavy atom. The Labute approximate surface area is 101 Å². The summed E-state index contributed by atoms with van der Waals surface area (Å²) < 4.78 is 13.3. The summed E-state index contributed by atoms with van der Waals surface area (Å²) in [7, 11) is 1.15. The van der Waals surface area contributed by atoms with E-state index in [0.717, 1.165) is 6.07 Å². The monoisotopic (exact) mass is 289 g/mol. The molecule has 0 aliphatic heterocycles. The smallest absolute Gasteiger partial charge is 0.423 e. The third-order valence-corrected chi connectivity index (χ3v) is 2.61. The number of rotatable bonds is 2. The van der Waals surface area contributed by atoms with E-state index in [9.17, 15) is 9.18 Å². The summed E-state index contributed by atoms with van der Waals surface area (Å²) in [6.45, 7) is 0. The molecule has 2 N–H and O–H groups in total. The largest absolute Gasteiger partial charge is 0.489 e. The molecule has 1 aromatic carbocycles. The maximum atomic E-state index is 13.2. The minimum absolute atomic E-state index is 0.0493. The molecular weight excluding hydrogens is 280 g/mol. The number of amides is 1. The van der Waals surface area contributed by atoms with Crippen LogP contribution >= 0.6 is 15.9 Å². The van der Waals surface area contributed by atoms with Crippen LogP contribution in [0.2, 0.25) is 0 Å². The molecule has 0 aromatic heterocycles. The normalized spacial score (nSPS) is 10.1. The molecule has 16 heavy (non-hydrogen) atoms. The van der Waals surface area contributed by atoms with Crippen molar-refractivity contribution < 1.29 is 19.2 Å². The van der Waals surface area contributed by atoms with Crippen molar-refractivity contribution in [2.45, 2.75) is 0 Å². The Hall–Kier alpha value is -0.915. The summed E-state index contributed by atoms with van der Waals surface area (Å²) in [5.74, 6) is -1.08. The molecule has 7 heteroatoms. The Kier molecular flexibility index (Phi) is 4.06. The van der Waals surface area contributed by atoms with Gasteiger partial charge < -0.3 is 14.9 Å². The van der Waals surface area contributed by atoms with Crippen molar-refractivity contribution in [3.05, 3.63) is 28.0 Å². The Balaban J connectivity index is 3.36. The number of nitrogens with zero attached hydrogens (tertiary/aromatic N) is 1. The van der Waals surface area contributed by atoms with E-state index in [4.69, 9.17) is 10.0 Å². The predicted molar refractivity (Wildman–Crippen MR) is 61.9 cm³/mol. The number of carbonyl (C=O) groups excluding carboxylic acids is 1. The molecule has 1 aromatic rings. The summed E-state index contributed by atoms with van der Waals surface area (Å²) >= 11 is 2.94. The summed E-state index contributed by atoms with van der Waals surface area (Å²) in [6, 6.07) is 2.15. The zero-order valence-electron chi connectivity index (χ0n) is 8.74. The maximum absolute atomic E-state index is 13.2. The van der Waals surface area contributed by atoms with Crippen molar-refractivity contribution >= 4 is 34.4 Å². The highest BCUT2D eigenvalue weighted by Crippen LogP contribution is 2.16. The number of benzene rings is 1. The highest BCUT2D eigenvalue weighted by Gasteiger charge is 2.23. The van der Waals surface area contributed by atoms with Gasteiger partial charge in [-0.15, -0.1) is 0 Å². The second-order valence-electron chi connectivity index (χ2n) is 3.43. The Morgan fingerprint density at radius 1 is 1.44 bits per heavy atom. The fourth-order valence-corrected chi connectivity index (χ4v) is 1.55. The van der Waals surface area contributed by atoms with Gasteiger partial charge in [-0.05, 0) is 33.5 Å². The van der Waals surface area contributed by atoms with Crippen LogP contribution in [0.4, 0.5) is 4.39 Å². The summed E-state index contributed by atoms with van der Waals surface area (Å²) in [5, 5.41) is 18.1. The molecule has 1 rings (SSSR count). The van der Waals surface area contributed by atoms with Gasteiger partial charge in [0.25, 0.3) is 5.91 Å². The van der Waals surface area contributed by atoms with Crippen molar-refractivity contribution in [2.75, 3.05) is 14.1 Å². The van der Waals surface area contributed by atoms with Crippen molar-refractivity contribution in [1.29, 1.82) is 0 Å². The van der Waals surface area contributed by atoms with Crippen LogP contribution in [0, 0.1) is 5.82 Å². The lowest BCUT2D eigenvalue weighted by molar-refractivity contribution is 0.0828. The van der Waals surface area contributed by atoms with Gasteiger partial charge in [0, 0.05) is 19.7 Å². The topological polar surface area (TPSA) is 60.8 Å². The molecule has 0 saturated heterocycles. The number of halogens is 2. The lowest BCUT2D eigenvalue weighted by Crippen LogP contribution is -2.38. The van der Waals surface area contributed by atoms with Gasteiger partial charge in [-0.3, -0.25) is 4.79 Å². The van der Waals surface area contributed by atoms with Gasteiger partial charge in [0.1, 0.15) is 5.82 Å². The first-order valence-electron chi connectivity index (χ1n) is 4.41. The first-order chi connectivity index (χ1) is 7.34. The Morgan fingerprint density at radius 2 is 2.00 bits per heavy atom. The van der Waals surface area contributed by atoms with Gasteiger partial charge >= 0.3 is 7.12 Å². The molecule has 0 spiro atoms. The zero-order valence-corrected chi connectivity index (χ0v) is 10.3. The molecule has 0 fully saturated rings. The van der Waals surface area contributed by atoms with Crippen molar-refractivity contribution in [3.63, 3.8) is 0 Å². The van der Waals surface area contributed by atoms with Crippen molar-refractivity contribution in [3.8, 4) is 0 Å². The lowest BCUT2D eigenvalue weighted by atomic mass is 9.76. The van der Waals surface area contributed by atoms with Crippen molar-refractivity contribution in [1.82, 2.24) is 4.90 Å². The lowest BCUT2D eigenvalue weighted by Gasteiger charge is -2.14. The summed E-state index contributed by atoms with van der Waals surface area (Å²) in [6.07, 6.45) is 0. The molecule has 0 radical (unpaired) electrons. The molecule has 0 bridgehead atoms. The third kappa shape index (κ3) is 2.60. The van der Waals surface area contributed by atoms with Crippen molar-refractivity contribution in [2.24, 2.45) is 0 Å². The highest BCUT2D eigenvalue weighted by molar-refractivity contribution is 9.10. The van der Waals surface area contributed by atoms with Crippen LogP contribution in [0.25, 0.3) is 0 Å². The van der Waals surface area contributed by atoms with Gasteiger partial charge in [0.15, 0.2) is 0 Å². The Bertz CT molecular complexity index is 425. The van der Waals surface area contributed by atoms with Crippen LogP contribution in [0.5, 0.6) is 0 Å². The zero-order chi connectivity index (χ0) is 12.5. The van der Waals surface area contributed by atoms with Gasteiger partial charge in [-0.2, -0.15) is 0 Å². The SMILES string of the molecule is CN(C)C(=O)c1cc(Br)c(F)cc1B(O)O. The number of hydrogen-bond acceptors (Lipinski definition) is 3. The summed E-state index contributed by atoms with van der Waals surface area (Å²) in [4.78, 5) is 13.0. The first-order valence-corrected chi connectivity index (χ1v) is 5.20. The van der Waals surface area contributed by atoms with Gasteiger partial charge in [0.05, 0.1) is 4.47 Å². The van der Waals surface area contributed by atoms with E-state index in [2.05, 4.69) is 15.9 Å². The fourth-order valence-electron chi connectivity index (χ4n) is 1.20. The second kappa shape index (κ2) is 4.94. The standard InChI is InChI=1S/C9H10BBrFNO3/c1-13(2)9(14)5-3-7(11)8(12)4-6(5)10(15)16/h3-4,15-16H,1-2H3. The van der Waals surface area contributed by atoms with E-state index < -0.39 is 18.8 Å². The molecule has 0 heterocycles. The van der Waals surface area contributed by atoms with Crippen LogP contribution in [0.1, 0.15) is 10.4 Å². The molecule has 4 nitrogen and oxygen atoms in total. The molecule has 86 valence electrons. The molecule has 0 saturated carbocycles. The first kappa shape index (κ1) is 13.2. The second-order valence-corrected chi connectivity index (χ2v) is 4.28. The van der Waals surface area contributed by atoms with Crippen LogP contribution in [-0.4, -0.2) is 42.1 Å². The van der Waals surface area contributed by atoms with E-state index in [1.54, 1.807) is 0 Å². The average molecular weight is 290 g/mol. The summed E-state index contributed by atoms with van der Waals surface area (Å²) in [5.41, 5.74) is -0.104. The van der Waals surface area contributed by atoms with E-state index in [1.807, 2.05) is 0 Å². The molecule has 0 atom stereocenters. The number of carbonyl (C=O) groups is 1. The third-order valence-electron chi connectivity index (χ3n) is 2.01. The molecular formula is C9H10BBrFNO3. The minimum Gasteiger partial charge on any atom is -0.423 e. The molecule has 0 aliphatic rings. The van der Waals surface area contributed by atoms with E-state index in [1.165, 1.54) is 25.1 Å². The molecule has 1 amide bonds. The predicted octanol–water partition coefficient (Wildman–Crippen LogP) is -0.0302. The van der Waals surface area contributed by atoms with Crippen LogP contribution in [0.3, 0.4) is 0 Å². The minimum atomic E-state index is -1.89. The number of hydrogen-bond donors (Lipinski definition) is 2. The van der Waals surface area contributed by atoms with Gasteiger partial charge in [0.2, 0.25) is 0 Å². The average Bonchev–Trinajstić information content (AvgIpc) is 2.19. The van der Waals surface area contributed by atoms with E-state index in [0.29, 0.717) is 0 Å². The molecule has 0 unspecified atom stereocenters. The van der Waals surface area contributed by atoms with Crippen LogP contribution in [0.15, 0.2) is 16.6 Å². The highest BCUT2D eigenvalue weighted by atomic mass is 79.9. The molecule has 0 aliphatic carbocycles. The van der Waals surface area contributed by atoms with Crippen LogP contribution < -0.4 is 5.46 Å². The quantitative estimate of drug-likeness (QED) is 0.752. The van der Waals surface area contributed by atoms with Gasteiger partial charge in [-0.1, -0.05) is 0 Å². The van der Waals surface area contributed by atoms with E-state index in [-0.39, 0.29) is 15.5 Å². The van der Waals surface area contributed by atoms with Gasteiger partial charge in [-0.25, -0.2) is 4.39 Å².